The Labute approximate surface area is 146 Å². The molecule has 1 aromatic carbocycles. The largest absolute Gasteiger partial charge is 0.497 e. The molecule has 25 heavy (non-hydrogen) atoms. The zero-order valence-corrected chi connectivity index (χ0v) is 14.9. The normalized spacial score (nSPS) is 10.9. The first-order valence-corrected chi connectivity index (χ1v) is 8.03. The van der Waals surface area contributed by atoms with Gasteiger partial charge in [-0.2, -0.15) is 0 Å². The van der Waals surface area contributed by atoms with Crippen molar-refractivity contribution in [2.75, 3.05) is 27.4 Å². The third kappa shape index (κ3) is 3.85. The Kier molecular flexibility index (Phi) is 5.09. The van der Waals surface area contributed by atoms with Gasteiger partial charge in [-0.25, -0.2) is 9.97 Å². The number of rotatable bonds is 6. The number of pyridine rings is 1. The molecule has 0 bridgehead atoms. The molecule has 0 N–H and O–H groups in total. The summed E-state index contributed by atoms with van der Waals surface area (Å²) in [6.45, 7) is 4.88. The lowest BCUT2D eigenvalue weighted by Gasteiger charge is -2.11. The maximum atomic E-state index is 5.79. The van der Waals surface area contributed by atoms with Gasteiger partial charge in [-0.1, -0.05) is 0 Å². The molecular formula is C19H21N3O3. The van der Waals surface area contributed by atoms with Gasteiger partial charge in [0.1, 0.15) is 18.1 Å². The van der Waals surface area contributed by atoms with Crippen molar-refractivity contribution in [1.82, 2.24) is 15.0 Å². The van der Waals surface area contributed by atoms with E-state index in [1.165, 1.54) is 0 Å². The van der Waals surface area contributed by atoms with E-state index in [0.717, 1.165) is 27.9 Å². The maximum Gasteiger partial charge on any atom is 0.159 e. The number of nitrogens with zero attached hydrogens (tertiary/aromatic N) is 3. The number of hydrogen-bond acceptors (Lipinski definition) is 6. The van der Waals surface area contributed by atoms with Crippen LogP contribution in [0.4, 0.5) is 0 Å². The molecule has 0 amide bonds. The van der Waals surface area contributed by atoms with Gasteiger partial charge in [0.15, 0.2) is 5.82 Å². The highest BCUT2D eigenvalue weighted by atomic mass is 16.5. The van der Waals surface area contributed by atoms with E-state index >= 15 is 0 Å². The molecule has 0 aliphatic carbocycles. The first kappa shape index (κ1) is 17.1. The number of methoxy groups -OCH3 is 2. The Bertz CT molecular complexity index is 876. The van der Waals surface area contributed by atoms with Crippen molar-refractivity contribution in [2.45, 2.75) is 13.8 Å². The maximum absolute atomic E-state index is 5.79. The van der Waals surface area contributed by atoms with E-state index in [4.69, 9.17) is 19.2 Å². The molecule has 0 aliphatic heterocycles. The SMILES string of the molecule is COCCOc1cc(OC)cc2nc(-c3cc(C)nc(C)c3)ncc12. The van der Waals surface area contributed by atoms with Gasteiger partial charge >= 0.3 is 0 Å². The van der Waals surface area contributed by atoms with Crippen molar-refractivity contribution in [3.63, 3.8) is 0 Å². The predicted octanol–water partition coefficient (Wildman–Crippen LogP) is 3.34. The average Bonchev–Trinajstić information content (AvgIpc) is 2.60. The second-order valence-electron chi connectivity index (χ2n) is 5.73. The molecule has 130 valence electrons. The molecule has 3 aromatic rings. The fourth-order valence-corrected chi connectivity index (χ4v) is 2.65. The highest BCUT2D eigenvalue weighted by Gasteiger charge is 2.11. The standard InChI is InChI=1S/C19H21N3O3/c1-12-7-14(8-13(2)21-12)19-20-11-16-17(22-19)9-15(24-4)10-18(16)25-6-5-23-3/h7-11H,5-6H2,1-4H3. The molecule has 2 aromatic heterocycles. The molecule has 6 nitrogen and oxygen atoms in total. The van der Waals surface area contributed by atoms with Crippen LogP contribution in [0.2, 0.25) is 0 Å². The molecule has 0 aliphatic rings. The van der Waals surface area contributed by atoms with E-state index < -0.39 is 0 Å². The molecule has 0 spiro atoms. The molecule has 0 fully saturated rings. The number of ether oxygens (including phenoxy) is 3. The van der Waals surface area contributed by atoms with Gasteiger partial charge in [0.2, 0.25) is 0 Å². The zero-order chi connectivity index (χ0) is 17.8. The van der Waals surface area contributed by atoms with E-state index in [2.05, 4.69) is 9.97 Å². The average molecular weight is 339 g/mol. The number of aromatic nitrogens is 3. The summed E-state index contributed by atoms with van der Waals surface area (Å²) in [4.78, 5) is 13.6. The van der Waals surface area contributed by atoms with E-state index in [1.54, 1.807) is 20.4 Å². The number of fused-ring (bicyclic) bond motifs is 1. The summed E-state index contributed by atoms with van der Waals surface area (Å²) in [6, 6.07) is 7.67. The molecule has 0 unspecified atom stereocenters. The summed E-state index contributed by atoms with van der Waals surface area (Å²) in [6.07, 6.45) is 1.78. The molecule has 3 rings (SSSR count). The van der Waals surface area contributed by atoms with Crippen LogP contribution in [0.1, 0.15) is 11.4 Å². The minimum absolute atomic E-state index is 0.448. The second-order valence-corrected chi connectivity index (χ2v) is 5.73. The van der Waals surface area contributed by atoms with Crippen LogP contribution in [-0.4, -0.2) is 42.4 Å². The van der Waals surface area contributed by atoms with Crippen molar-refractivity contribution in [3.05, 3.63) is 41.9 Å². The third-order valence-electron chi connectivity index (χ3n) is 3.76. The summed E-state index contributed by atoms with van der Waals surface area (Å²) >= 11 is 0. The third-order valence-corrected chi connectivity index (χ3v) is 3.76. The molecule has 0 saturated carbocycles. The Morgan fingerprint density at radius 3 is 2.36 bits per heavy atom. The quantitative estimate of drug-likeness (QED) is 0.642. The highest BCUT2D eigenvalue weighted by molar-refractivity contribution is 5.87. The number of benzene rings is 1. The van der Waals surface area contributed by atoms with Crippen LogP contribution < -0.4 is 9.47 Å². The Morgan fingerprint density at radius 2 is 1.68 bits per heavy atom. The second kappa shape index (κ2) is 7.44. The van der Waals surface area contributed by atoms with Gasteiger partial charge in [0.25, 0.3) is 0 Å². The van der Waals surface area contributed by atoms with E-state index in [-0.39, 0.29) is 0 Å². The van der Waals surface area contributed by atoms with Crippen LogP contribution >= 0.6 is 0 Å². The minimum Gasteiger partial charge on any atom is -0.497 e. The lowest BCUT2D eigenvalue weighted by molar-refractivity contribution is 0.147. The van der Waals surface area contributed by atoms with Crippen molar-refractivity contribution >= 4 is 10.9 Å². The van der Waals surface area contributed by atoms with Crippen molar-refractivity contribution < 1.29 is 14.2 Å². The number of aryl methyl sites for hydroxylation is 2. The van der Waals surface area contributed by atoms with Crippen molar-refractivity contribution in [2.24, 2.45) is 0 Å². The van der Waals surface area contributed by atoms with Gasteiger partial charge in [-0.15, -0.1) is 0 Å². The van der Waals surface area contributed by atoms with E-state index in [0.29, 0.717) is 30.5 Å². The predicted molar refractivity (Wildman–Crippen MR) is 96.2 cm³/mol. The van der Waals surface area contributed by atoms with Crippen LogP contribution in [0.3, 0.4) is 0 Å². The first-order valence-electron chi connectivity index (χ1n) is 8.03. The van der Waals surface area contributed by atoms with Crippen molar-refractivity contribution in [1.29, 1.82) is 0 Å². The molecule has 0 radical (unpaired) electrons. The van der Waals surface area contributed by atoms with E-state index in [9.17, 15) is 0 Å². The van der Waals surface area contributed by atoms with Crippen LogP contribution in [-0.2, 0) is 4.74 Å². The summed E-state index contributed by atoms with van der Waals surface area (Å²) in [5.74, 6) is 2.02. The monoisotopic (exact) mass is 339 g/mol. The lowest BCUT2D eigenvalue weighted by Crippen LogP contribution is -2.05. The molecule has 0 saturated heterocycles. The molecular weight excluding hydrogens is 318 g/mol. The van der Waals surface area contributed by atoms with Gasteiger partial charge in [-0.3, -0.25) is 4.98 Å². The fourth-order valence-electron chi connectivity index (χ4n) is 2.65. The van der Waals surface area contributed by atoms with Crippen LogP contribution in [0.25, 0.3) is 22.3 Å². The molecule has 2 heterocycles. The van der Waals surface area contributed by atoms with Gasteiger partial charge in [0.05, 0.1) is 24.6 Å². The summed E-state index contributed by atoms with van der Waals surface area (Å²) in [5, 5.41) is 0.836. The smallest absolute Gasteiger partial charge is 0.159 e. The Balaban J connectivity index is 2.07. The van der Waals surface area contributed by atoms with Crippen molar-refractivity contribution in [3.8, 4) is 22.9 Å². The summed E-state index contributed by atoms with van der Waals surface area (Å²) < 4.78 is 16.2. The topological polar surface area (TPSA) is 66.4 Å². The molecule has 0 atom stereocenters. The van der Waals surface area contributed by atoms with Crippen LogP contribution in [0, 0.1) is 13.8 Å². The minimum atomic E-state index is 0.448. The fraction of sp³-hybridized carbons (Fsp3) is 0.316. The van der Waals surface area contributed by atoms with E-state index in [1.807, 2.05) is 38.1 Å². The molecule has 6 heteroatoms. The van der Waals surface area contributed by atoms with Gasteiger partial charge < -0.3 is 14.2 Å². The Morgan fingerprint density at radius 1 is 0.920 bits per heavy atom. The summed E-state index contributed by atoms with van der Waals surface area (Å²) in [7, 11) is 3.26. The first-order chi connectivity index (χ1) is 12.1. The van der Waals surface area contributed by atoms with Gasteiger partial charge in [0, 0.05) is 42.4 Å². The van der Waals surface area contributed by atoms with Crippen LogP contribution in [0.5, 0.6) is 11.5 Å². The lowest BCUT2D eigenvalue weighted by atomic mass is 10.1. The summed E-state index contributed by atoms with van der Waals surface area (Å²) in [5.41, 5.74) is 3.58. The van der Waals surface area contributed by atoms with Gasteiger partial charge in [-0.05, 0) is 26.0 Å². The van der Waals surface area contributed by atoms with Crippen LogP contribution in [0.15, 0.2) is 30.5 Å². The zero-order valence-electron chi connectivity index (χ0n) is 14.9. The highest BCUT2D eigenvalue weighted by Crippen LogP contribution is 2.31. The Hall–Kier alpha value is -2.73. The number of hydrogen-bond donors (Lipinski definition) is 0.